The highest BCUT2D eigenvalue weighted by molar-refractivity contribution is 7.87. The van der Waals surface area contributed by atoms with Crippen LogP contribution in [0.5, 0.6) is 0 Å². The van der Waals surface area contributed by atoms with Crippen LogP contribution in [0.4, 0.5) is 4.79 Å². The highest BCUT2D eigenvalue weighted by Gasteiger charge is 2.61. The molecule has 44 heavy (non-hydrogen) atoms. The number of rotatable bonds is 14. The number of allylic oxidation sites excluding steroid dienone is 1. The van der Waals surface area contributed by atoms with Gasteiger partial charge in [-0.25, -0.2) is 9.59 Å². The molecule has 2 aliphatic heterocycles. The average Bonchev–Trinajstić information content (AvgIpc) is 3.25. The lowest BCUT2D eigenvalue weighted by Gasteiger charge is -2.33. The second-order valence-electron chi connectivity index (χ2n) is 13.4. The van der Waals surface area contributed by atoms with Gasteiger partial charge in [0.15, 0.2) is 0 Å². The number of aliphatic carboxylic acids is 1. The van der Waals surface area contributed by atoms with Gasteiger partial charge in [-0.05, 0) is 46.0 Å². The number of nitrogens with one attached hydrogen (secondary N) is 2. The van der Waals surface area contributed by atoms with Crippen molar-refractivity contribution in [3.8, 4) is 0 Å². The third-order valence-electron chi connectivity index (χ3n) is 8.70. The standard InChI is InChI=1S/C30H51N5O8S/c1-7-8-9-10-11-13-22-18-30(22,27(38)39)32-26(37)23-14-12-15-34(23)25(36)19-31-28(40)43-24(29(4,5)6)20-33-16-17-35(21(2)3)44(33,41)42/h11,13,21-24H,7-10,12,14-20H2,1-6H3,(H,31,40)(H,32,37)(H,38,39)/b13-11-/t22?,23-,24?,30+/m0/s1. The minimum atomic E-state index is -3.68. The molecule has 2 heterocycles. The summed E-state index contributed by atoms with van der Waals surface area (Å²) in [6, 6.07) is -1.03. The summed E-state index contributed by atoms with van der Waals surface area (Å²) in [7, 11) is -3.68. The Bertz CT molecular complexity index is 1200. The number of carboxylic acid groups (broad SMARTS) is 1. The maximum Gasteiger partial charge on any atom is 0.407 e. The fraction of sp³-hybridized carbons (Fsp3) is 0.800. The highest BCUT2D eigenvalue weighted by atomic mass is 32.2. The normalized spacial score (nSPS) is 26.2. The zero-order valence-electron chi connectivity index (χ0n) is 27.0. The van der Waals surface area contributed by atoms with Crippen LogP contribution in [-0.4, -0.2) is 107 Å². The van der Waals surface area contributed by atoms with Crippen molar-refractivity contribution < 1.29 is 37.4 Å². The SMILES string of the molecule is CCCCC/C=C\C1C[C@]1(NC(=O)[C@@H]1CCCN1C(=O)CNC(=O)OC(CN1CCN(C(C)C)S1(=O)=O)C(C)(C)C)C(=O)O. The molecule has 1 saturated carbocycles. The molecule has 0 radical (unpaired) electrons. The van der Waals surface area contributed by atoms with Crippen LogP contribution in [-0.2, 0) is 29.3 Å². The minimum Gasteiger partial charge on any atom is -0.479 e. The lowest BCUT2D eigenvalue weighted by Crippen LogP contribution is -2.54. The van der Waals surface area contributed by atoms with E-state index in [0.717, 1.165) is 25.7 Å². The van der Waals surface area contributed by atoms with Crippen LogP contribution < -0.4 is 10.6 Å². The molecule has 3 fully saturated rings. The molecule has 4 atom stereocenters. The maximum absolute atomic E-state index is 13.2. The molecule has 0 spiro atoms. The Balaban J connectivity index is 1.54. The van der Waals surface area contributed by atoms with E-state index in [-0.39, 0.29) is 25.0 Å². The molecule has 2 saturated heterocycles. The van der Waals surface area contributed by atoms with E-state index in [1.807, 2.05) is 32.9 Å². The van der Waals surface area contributed by atoms with Gasteiger partial charge in [0.1, 0.15) is 24.2 Å². The molecule has 3 rings (SSSR count). The van der Waals surface area contributed by atoms with Crippen LogP contribution in [0.1, 0.15) is 86.5 Å². The fourth-order valence-electron chi connectivity index (χ4n) is 5.77. The van der Waals surface area contributed by atoms with Crippen LogP contribution in [0.15, 0.2) is 12.2 Å². The largest absolute Gasteiger partial charge is 0.479 e. The van der Waals surface area contributed by atoms with Gasteiger partial charge in [-0.1, -0.05) is 52.7 Å². The number of alkyl carbamates (subject to hydrolysis) is 1. The third-order valence-corrected chi connectivity index (χ3v) is 10.9. The molecular formula is C30H51N5O8S. The van der Waals surface area contributed by atoms with Gasteiger partial charge < -0.3 is 25.4 Å². The summed E-state index contributed by atoms with van der Waals surface area (Å²) in [5.74, 6) is -2.40. The lowest BCUT2D eigenvalue weighted by molar-refractivity contribution is -0.145. The van der Waals surface area contributed by atoms with Gasteiger partial charge in [0.25, 0.3) is 10.2 Å². The summed E-state index contributed by atoms with van der Waals surface area (Å²) in [5.41, 5.74) is -1.96. The fourth-order valence-corrected chi connectivity index (χ4v) is 7.55. The third kappa shape index (κ3) is 8.51. The first kappa shape index (κ1) is 35.8. The molecule has 0 aromatic heterocycles. The highest BCUT2D eigenvalue weighted by Crippen LogP contribution is 2.45. The summed E-state index contributed by atoms with van der Waals surface area (Å²) in [4.78, 5) is 52.5. The lowest BCUT2D eigenvalue weighted by atomic mass is 9.89. The van der Waals surface area contributed by atoms with Gasteiger partial charge in [0.05, 0.1) is 6.54 Å². The Labute approximate surface area is 261 Å². The number of amides is 3. The molecular weight excluding hydrogens is 590 g/mol. The smallest absolute Gasteiger partial charge is 0.407 e. The van der Waals surface area contributed by atoms with Crippen molar-refractivity contribution in [3.05, 3.63) is 12.2 Å². The maximum atomic E-state index is 13.2. The molecule has 0 bridgehead atoms. The number of hydrogen-bond acceptors (Lipinski definition) is 7. The number of nitrogens with zero attached hydrogens (tertiary/aromatic N) is 3. The number of likely N-dealkylation sites (tertiary alicyclic amines) is 1. The Morgan fingerprint density at radius 1 is 1.11 bits per heavy atom. The summed E-state index contributed by atoms with van der Waals surface area (Å²) in [6.45, 7) is 11.7. The predicted octanol–water partition coefficient (Wildman–Crippen LogP) is 2.49. The molecule has 3 amide bonds. The van der Waals surface area contributed by atoms with Gasteiger partial charge in [0.2, 0.25) is 11.8 Å². The van der Waals surface area contributed by atoms with Crippen molar-refractivity contribution in [2.45, 2.75) is 110 Å². The van der Waals surface area contributed by atoms with Crippen LogP contribution in [0, 0.1) is 11.3 Å². The van der Waals surface area contributed by atoms with Gasteiger partial charge in [-0.15, -0.1) is 0 Å². The average molecular weight is 642 g/mol. The molecule has 0 aromatic carbocycles. The molecule has 3 N–H and O–H groups in total. The molecule has 14 heteroatoms. The van der Waals surface area contributed by atoms with Gasteiger partial charge in [-0.3, -0.25) is 9.59 Å². The number of hydrogen-bond donors (Lipinski definition) is 3. The van der Waals surface area contributed by atoms with Crippen LogP contribution in [0.25, 0.3) is 0 Å². The van der Waals surface area contributed by atoms with E-state index < -0.39 is 63.7 Å². The van der Waals surface area contributed by atoms with Crippen LogP contribution in [0.2, 0.25) is 0 Å². The Morgan fingerprint density at radius 3 is 2.41 bits per heavy atom. The number of ether oxygens (including phenoxy) is 1. The number of carboxylic acids is 1. The second-order valence-corrected chi connectivity index (χ2v) is 15.3. The molecule has 250 valence electrons. The van der Waals surface area contributed by atoms with E-state index in [2.05, 4.69) is 17.6 Å². The van der Waals surface area contributed by atoms with E-state index in [1.165, 1.54) is 13.5 Å². The Hall–Kier alpha value is -2.71. The van der Waals surface area contributed by atoms with E-state index in [4.69, 9.17) is 4.74 Å². The number of carbonyl (C=O) groups is 4. The quantitative estimate of drug-likeness (QED) is 0.192. The molecule has 3 aliphatic rings. The monoisotopic (exact) mass is 641 g/mol. The Morgan fingerprint density at radius 2 is 1.82 bits per heavy atom. The molecule has 13 nitrogen and oxygen atoms in total. The van der Waals surface area contributed by atoms with Crippen LogP contribution >= 0.6 is 0 Å². The van der Waals surface area contributed by atoms with Gasteiger partial charge >= 0.3 is 12.1 Å². The van der Waals surface area contributed by atoms with Crippen molar-refractivity contribution in [2.24, 2.45) is 11.3 Å². The van der Waals surface area contributed by atoms with Crippen molar-refractivity contribution in [3.63, 3.8) is 0 Å². The van der Waals surface area contributed by atoms with Gasteiger partial charge in [-0.2, -0.15) is 17.0 Å². The molecule has 1 aliphatic carbocycles. The predicted molar refractivity (Wildman–Crippen MR) is 165 cm³/mol. The minimum absolute atomic E-state index is 0.0228. The van der Waals surface area contributed by atoms with Crippen LogP contribution in [0.3, 0.4) is 0 Å². The van der Waals surface area contributed by atoms with E-state index in [1.54, 1.807) is 13.8 Å². The zero-order valence-corrected chi connectivity index (χ0v) is 27.8. The first-order valence-corrected chi connectivity index (χ1v) is 17.2. The number of carbonyl (C=O) groups excluding carboxylic acids is 3. The molecule has 2 unspecified atom stereocenters. The molecule has 0 aromatic rings. The summed E-state index contributed by atoms with van der Waals surface area (Å²) >= 11 is 0. The van der Waals surface area contributed by atoms with Crippen molar-refractivity contribution in [1.29, 1.82) is 0 Å². The van der Waals surface area contributed by atoms with E-state index in [9.17, 15) is 32.7 Å². The first-order valence-electron chi connectivity index (χ1n) is 15.8. The Kier molecular flexibility index (Phi) is 11.9. The van der Waals surface area contributed by atoms with Crippen molar-refractivity contribution in [1.82, 2.24) is 24.1 Å². The van der Waals surface area contributed by atoms with Crippen molar-refractivity contribution in [2.75, 3.05) is 32.7 Å². The summed E-state index contributed by atoms with van der Waals surface area (Å²) in [5, 5.41) is 15.0. The second kappa shape index (κ2) is 14.6. The van der Waals surface area contributed by atoms with E-state index >= 15 is 0 Å². The summed E-state index contributed by atoms with van der Waals surface area (Å²) < 4.78 is 34.2. The van der Waals surface area contributed by atoms with Gasteiger partial charge in [0, 0.05) is 37.0 Å². The topological polar surface area (TPSA) is 166 Å². The first-order chi connectivity index (χ1) is 20.5. The number of unbranched alkanes of at least 4 members (excludes halogenated alkanes) is 3. The van der Waals surface area contributed by atoms with Crippen molar-refractivity contribution >= 4 is 34.1 Å². The zero-order chi connectivity index (χ0) is 32.9. The van der Waals surface area contributed by atoms with E-state index in [0.29, 0.717) is 32.4 Å². The summed E-state index contributed by atoms with van der Waals surface area (Å²) in [6.07, 6.45) is 7.53.